The van der Waals surface area contributed by atoms with Crippen LogP contribution in [0.4, 0.5) is 10.1 Å². The average molecular weight is 605 g/mol. The first-order valence-electron chi connectivity index (χ1n) is 14.8. The molecule has 224 valence electrons. The molecule has 0 radical (unpaired) electrons. The fourth-order valence-corrected chi connectivity index (χ4v) is 6.65. The van der Waals surface area contributed by atoms with Gasteiger partial charge in [0.2, 0.25) is 5.43 Å². The minimum atomic E-state index is -0.556. The molecule has 2 aromatic carbocycles. The van der Waals surface area contributed by atoms with Crippen molar-refractivity contribution in [1.82, 2.24) is 24.3 Å². The monoisotopic (exact) mass is 604 g/mol. The first kappa shape index (κ1) is 27.9. The number of amides is 1. The number of fused-ring (bicyclic) bond motifs is 2. The van der Waals surface area contributed by atoms with Gasteiger partial charge in [-0.1, -0.05) is 11.6 Å². The van der Waals surface area contributed by atoms with Gasteiger partial charge in [0.25, 0.3) is 5.91 Å². The van der Waals surface area contributed by atoms with Crippen molar-refractivity contribution in [3.05, 3.63) is 81.1 Å². The Labute approximate surface area is 254 Å². The van der Waals surface area contributed by atoms with Crippen LogP contribution in [0.5, 0.6) is 11.5 Å². The van der Waals surface area contributed by atoms with E-state index in [1.165, 1.54) is 11.8 Å². The van der Waals surface area contributed by atoms with E-state index in [-0.39, 0.29) is 16.7 Å². The van der Waals surface area contributed by atoms with Gasteiger partial charge in [-0.05, 0) is 56.3 Å². The third kappa shape index (κ3) is 5.17. The molecule has 5 heterocycles. The molecule has 3 aliphatic rings. The van der Waals surface area contributed by atoms with Crippen LogP contribution in [-0.2, 0) is 13.6 Å². The van der Waals surface area contributed by atoms with Gasteiger partial charge >= 0.3 is 0 Å². The largest absolute Gasteiger partial charge is 0.451 e. The Bertz CT molecular complexity index is 1770. The Morgan fingerprint density at radius 2 is 1.84 bits per heavy atom. The predicted octanol–water partition coefficient (Wildman–Crippen LogP) is 4.38. The third-order valence-corrected chi connectivity index (χ3v) is 9.08. The van der Waals surface area contributed by atoms with E-state index in [0.717, 1.165) is 52.1 Å². The number of nitrogens with zero attached hydrogens (tertiary/aromatic N) is 5. The second-order valence-electron chi connectivity index (χ2n) is 11.6. The molecule has 0 unspecified atom stereocenters. The van der Waals surface area contributed by atoms with Gasteiger partial charge in [0.1, 0.15) is 16.8 Å². The van der Waals surface area contributed by atoms with Gasteiger partial charge in [0, 0.05) is 82.0 Å². The zero-order chi connectivity index (χ0) is 29.7. The van der Waals surface area contributed by atoms with Gasteiger partial charge in [0.05, 0.1) is 11.1 Å². The van der Waals surface area contributed by atoms with Gasteiger partial charge in [0.15, 0.2) is 17.3 Å². The number of piperazine rings is 1. The third-order valence-electron chi connectivity index (χ3n) is 8.85. The summed E-state index contributed by atoms with van der Waals surface area (Å²) in [6.45, 7) is 6.68. The summed E-state index contributed by atoms with van der Waals surface area (Å²) < 4.78 is 26.3. The number of halogens is 2. The first-order chi connectivity index (χ1) is 20.9. The summed E-state index contributed by atoms with van der Waals surface area (Å²) in [4.78, 5) is 33.6. The van der Waals surface area contributed by atoms with E-state index in [1.54, 1.807) is 29.0 Å². The van der Waals surface area contributed by atoms with Gasteiger partial charge in [-0.25, -0.2) is 4.39 Å². The number of carbonyl (C=O) groups excluding carboxylic acids is 1. The number of likely N-dealkylation sites (tertiary alicyclic amines) is 1. The molecule has 2 fully saturated rings. The molecule has 11 heteroatoms. The molecule has 2 aromatic heterocycles. The van der Waals surface area contributed by atoms with Crippen molar-refractivity contribution < 1.29 is 13.9 Å². The number of nitrogens with one attached hydrogen (secondary N) is 1. The van der Waals surface area contributed by atoms with Crippen LogP contribution in [0.2, 0.25) is 5.02 Å². The molecule has 43 heavy (non-hydrogen) atoms. The number of rotatable bonds is 7. The van der Waals surface area contributed by atoms with E-state index >= 15 is 4.39 Å². The number of ether oxygens (including phenoxy) is 1. The number of aryl methyl sites for hydroxylation is 1. The maximum Gasteiger partial charge on any atom is 0.256 e. The van der Waals surface area contributed by atoms with Crippen LogP contribution in [0.15, 0.2) is 53.6 Å². The fraction of sp³-hybridized carbons (Fsp3) is 0.375. The highest BCUT2D eigenvalue weighted by atomic mass is 35.5. The number of hydrogen-bond acceptors (Lipinski definition) is 6. The van der Waals surface area contributed by atoms with E-state index in [4.69, 9.17) is 16.3 Å². The Morgan fingerprint density at radius 3 is 2.58 bits per heavy atom. The molecule has 0 aliphatic carbocycles. The molecule has 9 nitrogen and oxygen atoms in total. The highest BCUT2D eigenvalue weighted by Crippen LogP contribution is 2.47. The normalized spacial score (nSPS) is 16.9. The van der Waals surface area contributed by atoms with E-state index < -0.39 is 17.2 Å². The molecule has 1 amide bonds. The smallest absolute Gasteiger partial charge is 0.256 e. The Kier molecular flexibility index (Phi) is 7.36. The number of pyridine rings is 1. The lowest BCUT2D eigenvalue weighted by atomic mass is 10.0. The van der Waals surface area contributed by atoms with E-state index in [2.05, 4.69) is 25.8 Å². The topological polar surface area (TPSA) is 75.0 Å². The molecule has 2 saturated heterocycles. The van der Waals surface area contributed by atoms with Gasteiger partial charge in [-0.15, -0.1) is 0 Å². The number of anilines is 1. The molecule has 7 rings (SSSR count). The first-order valence-corrected chi connectivity index (χ1v) is 15.2. The molecular weight excluding hydrogens is 571 g/mol. The summed E-state index contributed by atoms with van der Waals surface area (Å²) in [5.41, 5.74) is 2.04. The van der Waals surface area contributed by atoms with Crippen molar-refractivity contribution in [3.8, 4) is 17.2 Å². The molecule has 0 spiro atoms. The summed E-state index contributed by atoms with van der Waals surface area (Å²) >= 11 is 6.33. The van der Waals surface area contributed by atoms with Gasteiger partial charge in [-0.2, -0.15) is 0 Å². The highest BCUT2D eigenvalue weighted by Gasteiger charge is 2.32. The van der Waals surface area contributed by atoms with Crippen molar-refractivity contribution in [1.29, 1.82) is 0 Å². The number of aromatic nitrogens is 2. The molecule has 0 saturated carbocycles. The minimum Gasteiger partial charge on any atom is -0.451 e. The molecule has 3 aliphatic heterocycles. The maximum atomic E-state index is 16.1. The van der Waals surface area contributed by atoms with Crippen molar-refractivity contribution >= 4 is 34.1 Å². The average Bonchev–Trinajstić information content (AvgIpc) is 3.66. The number of hydrogen-bond donors (Lipinski definition) is 1. The van der Waals surface area contributed by atoms with Crippen LogP contribution in [0.3, 0.4) is 0 Å². The van der Waals surface area contributed by atoms with Crippen molar-refractivity contribution in [2.24, 2.45) is 7.05 Å². The molecule has 0 atom stereocenters. The zero-order valence-electron chi connectivity index (χ0n) is 24.1. The van der Waals surface area contributed by atoms with Crippen LogP contribution >= 0.6 is 11.6 Å². The van der Waals surface area contributed by atoms with Gasteiger partial charge < -0.3 is 29.0 Å². The zero-order valence-corrected chi connectivity index (χ0v) is 24.9. The summed E-state index contributed by atoms with van der Waals surface area (Å²) in [7, 11) is 2.03. The summed E-state index contributed by atoms with van der Waals surface area (Å²) in [6.07, 6.45) is 5.90. The van der Waals surface area contributed by atoms with Crippen LogP contribution in [0, 0.1) is 5.82 Å². The number of carbonyl (C=O) groups is 1. The van der Waals surface area contributed by atoms with E-state index in [0.29, 0.717) is 47.3 Å². The second-order valence-corrected chi connectivity index (χ2v) is 12.0. The van der Waals surface area contributed by atoms with Crippen LogP contribution in [0.1, 0.15) is 28.9 Å². The highest BCUT2D eigenvalue weighted by molar-refractivity contribution is 6.30. The molecule has 0 bridgehead atoms. The Hall–Kier alpha value is -3.86. The minimum absolute atomic E-state index is 0.0379. The quantitative estimate of drug-likeness (QED) is 0.297. The van der Waals surface area contributed by atoms with Crippen molar-refractivity contribution in [2.45, 2.75) is 19.4 Å². The molecular formula is C32H34ClFN6O3. The van der Waals surface area contributed by atoms with E-state index in [1.807, 2.05) is 24.2 Å². The summed E-state index contributed by atoms with van der Waals surface area (Å²) in [5.74, 6) is -0.338. The maximum absolute atomic E-state index is 16.1. The molecule has 1 N–H and O–H groups in total. The summed E-state index contributed by atoms with van der Waals surface area (Å²) in [5, 5.41) is 3.46. The Morgan fingerprint density at radius 1 is 1.05 bits per heavy atom. The lowest BCUT2D eigenvalue weighted by Crippen LogP contribution is -2.46. The van der Waals surface area contributed by atoms with Crippen molar-refractivity contribution in [3.63, 3.8) is 0 Å². The number of benzene rings is 2. The molecule has 4 aromatic rings. The summed E-state index contributed by atoms with van der Waals surface area (Å²) in [6, 6.07) is 10.6. The lowest BCUT2D eigenvalue weighted by molar-refractivity contribution is 0.0948. The SMILES string of the molecule is Cn1cccc1CN1CCN(c2c(F)cc3c(=O)c(C(=O)NCCN4CCCC4)cn4c3c2Oc2cc(Cl)ccc2-4)CC1. The van der Waals surface area contributed by atoms with Gasteiger partial charge in [-0.3, -0.25) is 14.5 Å². The van der Waals surface area contributed by atoms with E-state index in [9.17, 15) is 9.59 Å². The van der Waals surface area contributed by atoms with Crippen LogP contribution in [0.25, 0.3) is 16.6 Å². The standard InChI is InChI=1S/C32H34ClFN6O3/c1-36-9-4-5-22(36)19-38-13-15-39(16-14-38)29-25(34)18-23-28-31(29)43-27-17-21(33)6-7-26(27)40(28)20-24(30(23)41)32(42)35-8-12-37-10-2-3-11-37/h4-7,9,17-18,20H,2-3,8,10-16,19H2,1H3,(H,35,42). The van der Waals surface area contributed by atoms with Crippen LogP contribution < -0.4 is 20.4 Å². The van der Waals surface area contributed by atoms with Crippen LogP contribution in [-0.4, -0.2) is 77.2 Å². The van der Waals surface area contributed by atoms with Crippen molar-refractivity contribution in [2.75, 3.05) is 57.3 Å². The fourth-order valence-electron chi connectivity index (χ4n) is 6.49. The Balaban J connectivity index is 1.24. The lowest BCUT2D eigenvalue weighted by Gasteiger charge is -2.37. The second kappa shape index (κ2) is 11.3. The predicted molar refractivity (Wildman–Crippen MR) is 165 cm³/mol.